The van der Waals surface area contributed by atoms with Crippen molar-refractivity contribution in [2.45, 2.75) is 19.3 Å². The number of benzene rings is 1. The molecule has 29 heavy (non-hydrogen) atoms. The van der Waals surface area contributed by atoms with Gasteiger partial charge in [0.05, 0.1) is 12.8 Å². The molecule has 144 valence electrons. The van der Waals surface area contributed by atoms with E-state index < -0.39 is 0 Å². The van der Waals surface area contributed by atoms with Gasteiger partial charge in [0.2, 0.25) is 5.78 Å². The number of ketones is 1. The van der Waals surface area contributed by atoms with Crippen molar-refractivity contribution in [3.05, 3.63) is 70.5 Å². The summed E-state index contributed by atoms with van der Waals surface area (Å²) in [6, 6.07) is 11.1. The molecular weight excluding hydrogens is 382 g/mol. The van der Waals surface area contributed by atoms with Crippen molar-refractivity contribution >= 4 is 33.0 Å². The highest BCUT2D eigenvalue weighted by atomic mass is 32.1. The lowest BCUT2D eigenvalue weighted by atomic mass is 9.96. The van der Waals surface area contributed by atoms with Gasteiger partial charge >= 0.3 is 0 Å². The topological polar surface area (TPSA) is 78.1 Å². The molecule has 0 fully saturated rings. The zero-order chi connectivity index (χ0) is 20.0. The lowest BCUT2D eigenvalue weighted by Crippen LogP contribution is -2.02. The molecule has 0 spiro atoms. The summed E-state index contributed by atoms with van der Waals surface area (Å²) >= 11 is 1.37. The summed E-state index contributed by atoms with van der Waals surface area (Å²) < 4.78 is 5.19. The molecule has 0 aliphatic heterocycles. The predicted octanol–water partition coefficient (Wildman–Crippen LogP) is 4.67. The number of hydrogen-bond acceptors (Lipinski definition) is 6. The molecule has 2 N–H and O–H groups in total. The Morgan fingerprint density at radius 1 is 1.17 bits per heavy atom. The van der Waals surface area contributed by atoms with Gasteiger partial charge in [-0.25, -0.2) is 4.98 Å². The summed E-state index contributed by atoms with van der Waals surface area (Å²) in [5.41, 5.74) is 12.1. The third kappa shape index (κ3) is 2.87. The average Bonchev–Trinajstić information content (AvgIpc) is 3.36. The standard InChI is InChI=1S/C23H19N3O2S/c1-28-15-9-7-13(8-10-15)21(27)22-20(24)19-18(14-4-3-11-25-12-14)16-5-2-6-17(16)26-23(19)29-22/h3-4,7-12H,2,5-6,24H2,1H3. The Kier molecular flexibility index (Phi) is 4.28. The number of nitrogens with zero attached hydrogens (tertiary/aromatic N) is 2. The Hall–Kier alpha value is -3.25. The minimum atomic E-state index is -0.0922. The molecule has 0 saturated carbocycles. The van der Waals surface area contributed by atoms with E-state index in [9.17, 15) is 4.79 Å². The second-order valence-corrected chi connectivity index (χ2v) is 8.09. The van der Waals surface area contributed by atoms with Gasteiger partial charge in [-0.3, -0.25) is 9.78 Å². The van der Waals surface area contributed by atoms with E-state index in [1.807, 2.05) is 18.3 Å². The summed E-state index contributed by atoms with van der Waals surface area (Å²) in [6.07, 6.45) is 6.63. The minimum Gasteiger partial charge on any atom is -0.497 e. The molecule has 0 unspecified atom stereocenters. The van der Waals surface area contributed by atoms with E-state index >= 15 is 0 Å². The molecule has 1 aromatic carbocycles. The number of carbonyl (C=O) groups is 1. The number of aryl methyl sites for hydroxylation is 1. The number of methoxy groups -OCH3 is 1. The third-order valence-corrected chi connectivity index (χ3v) is 6.51. The van der Waals surface area contributed by atoms with Gasteiger partial charge in [0, 0.05) is 40.2 Å². The first-order valence-corrected chi connectivity index (χ1v) is 10.3. The second-order valence-electron chi connectivity index (χ2n) is 7.09. The normalized spacial score (nSPS) is 12.9. The van der Waals surface area contributed by atoms with E-state index in [0.717, 1.165) is 46.3 Å². The van der Waals surface area contributed by atoms with Crippen LogP contribution in [0.25, 0.3) is 21.3 Å². The molecule has 3 heterocycles. The van der Waals surface area contributed by atoms with Crippen LogP contribution in [0.4, 0.5) is 5.69 Å². The number of carbonyl (C=O) groups excluding carboxylic acids is 1. The highest BCUT2D eigenvalue weighted by Gasteiger charge is 2.27. The largest absolute Gasteiger partial charge is 0.497 e. The lowest BCUT2D eigenvalue weighted by Gasteiger charge is -2.11. The molecule has 0 atom stereocenters. The number of nitrogen functional groups attached to an aromatic ring is 1. The number of thiophene rings is 1. The van der Waals surface area contributed by atoms with E-state index in [2.05, 4.69) is 4.98 Å². The van der Waals surface area contributed by atoms with E-state index in [1.165, 1.54) is 16.9 Å². The van der Waals surface area contributed by atoms with Gasteiger partial charge in [-0.2, -0.15) is 0 Å². The van der Waals surface area contributed by atoms with E-state index in [4.69, 9.17) is 15.5 Å². The fourth-order valence-electron chi connectivity index (χ4n) is 4.02. The third-order valence-electron chi connectivity index (χ3n) is 5.41. The Morgan fingerprint density at radius 3 is 2.72 bits per heavy atom. The van der Waals surface area contributed by atoms with Crippen LogP contribution in [0.3, 0.4) is 0 Å². The number of anilines is 1. The van der Waals surface area contributed by atoms with Gasteiger partial charge in [-0.1, -0.05) is 6.07 Å². The lowest BCUT2D eigenvalue weighted by molar-refractivity contribution is 0.104. The number of ether oxygens (including phenoxy) is 1. The van der Waals surface area contributed by atoms with Gasteiger partial charge in [0.15, 0.2) is 0 Å². The van der Waals surface area contributed by atoms with Crippen molar-refractivity contribution < 1.29 is 9.53 Å². The van der Waals surface area contributed by atoms with Crippen molar-refractivity contribution in [1.82, 2.24) is 9.97 Å². The SMILES string of the molecule is COc1ccc(C(=O)c2sc3nc4c(c(-c5cccnc5)c3c2N)CCC4)cc1. The molecular formula is C23H19N3O2S. The number of pyridine rings is 2. The van der Waals surface area contributed by atoms with Crippen molar-refractivity contribution in [3.63, 3.8) is 0 Å². The quantitative estimate of drug-likeness (QED) is 0.503. The monoisotopic (exact) mass is 401 g/mol. The van der Waals surface area contributed by atoms with Crippen LogP contribution in [0, 0.1) is 0 Å². The number of aromatic nitrogens is 2. The summed E-state index contributed by atoms with van der Waals surface area (Å²) in [4.78, 5) is 23.7. The van der Waals surface area contributed by atoms with Crippen LogP contribution >= 0.6 is 11.3 Å². The molecule has 1 aliphatic carbocycles. The molecule has 1 aliphatic rings. The van der Waals surface area contributed by atoms with Crippen LogP contribution in [0.15, 0.2) is 48.8 Å². The van der Waals surface area contributed by atoms with Gasteiger partial charge in [-0.15, -0.1) is 11.3 Å². The van der Waals surface area contributed by atoms with E-state index in [-0.39, 0.29) is 5.78 Å². The van der Waals surface area contributed by atoms with Crippen LogP contribution in [0.1, 0.15) is 32.9 Å². The Morgan fingerprint density at radius 2 is 2.00 bits per heavy atom. The molecule has 0 amide bonds. The second kappa shape index (κ2) is 6.97. The van der Waals surface area contributed by atoms with Crippen molar-refractivity contribution in [2.24, 2.45) is 0 Å². The molecule has 5 nitrogen and oxygen atoms in total. The molecule has 0 radical (unpaired) electrons. The van der Waals surface area contributed by atoms with Crippen molar-refractivity contribution in [1.29, 1.82) is 0 Å². The Balaban J connectivity index is 1.72. The highest BCUT2D eigenvalue weighted by molar-refractivity contribution is 7.21. The minimum absolute atomic E-state index is 0.0922. The number of fused-ring (bicyclic) bond motifs is 2. The first kappa shape index (κ1) is 17.8. The van der Waals surface area contributed by atoms with Gasteiger partial charge in [0.1, 0.15) is 15.5 Å². The maximum atomic E-state index is 13.2. The van der Waals surface area contributed by atoms with Crippen LogP contribution < -0.4 is 10.5 Å². The maximum Gasteiger partial charge on any atom is 0.205 e. The van der Waals surface area contributed by atoms with Gasteiger partial charge < -0.3 is 10.5 Å². The summed E-state index contributed by atoms with van der Waals surface area (Å²) in [5.74, 6) is 0.619. The molecule has 3 aromatic heterocycles. The van der Waals surface area contributed by atoms with Crippen LogP contribution in [0.5, 0.6) is 5.75 Å². The number of rotatable bonds is 4. The first-order chi connectivity index (χ1) is 14.2. The zero-order valence-electron chi connectivity index (χ0n) is 15.9. The molecule has 0 bridgehead atoms. The fourth-order valence-corrected chi connectivity index (χ4v) is 5.10. The fraction of sp³-hybridized carbons (Fsp3) is 0.174. The highest BCUT2D eigenvalue weighted by Crippen LogP contribution is 2.44. The number of hydrogen-bond donors (Lipinski definition) is 1. The molecule has 4 aromatic rings. The van der Waals surface area contributed by atoms with Crippen LogP contribution in [-0.2, 0) is 12.8 Å². The molecule has 6 heteroatoms. The van der Waals surface area contributed by atoms with E-state index in [0.29, 0.717) is 21.9 Å². The predicted molar refractivity (Wildman–Crippen MR) is 116 cm³/mol. The van der Waals surface area contributed by atoms with Crippen LogP contribution in [-0.4, -0.2) is 22.9 Å². The summed E-state index contributed by atoms with van der Waals surface area (Å²) in [6.45, 7) is 0. The summed E-state index contributed by atoms with van der Waals surface area (Å²) in [5, 5.41) is 0.875. The molecule has 0 saturated heterocycles. The van der Waals surface area contributed by atoms with Crippen molar-refractivity contribution in [2.75, 3.05) is 12.8 Å². The van der Waals surface area contributed by atoms with Crippen LogP contribution in [0.2, 0.25) is 0 Å². The zero-order valence-corrected chi connectivity index (χ0v) is 16.8. The smallest absolute Gasteiger partial charge is 0.205 e. The van der Waals surface area contributed by atoms with E-state index in [1.54, 1.807) is 37.6 Å². The molecule has 5 rings (SSSR count). The van der Waals surface area contributed by atoms with Gasteiger partial charge in [-0.05, 0) is 55.2 Å². The number of nitrogens with two attached hydrogens (primary N) is 1. The average molecular weight is 401 g/mol. The van der Waals surface area contributed by atoms with Gasteiger partial charge in [0.25, 0.3) is 0 Å². The maximum absolute atomic E-state index is 13.2. The Bertz CT molecular complexity index is 1230. The Labute approximate surface area is 172 Å². The summed E-state index contributed by atoms with van der Waals surface area (Å²) in [7, 11) is 1.60. The first-order valence-electron chi connectivity index (χ1n) is 9.50. The van der Waals surface area contributed by atoms with Crippen molar-refractivity contribution in [3.8, 4) is 16.9 Å².